The molecule has 2 aromatic rings. The van der Waals surface area contributed by atoms with Gasteiger partial charge in [0.1, 0.15) is 5.52 Å². The number of benzene rings is 1. The first-order chi connectivity index (χ1) is 12.3. The molecule has 26 heavy (non-hydrogen) atoms. The van der Waals surface area contributed by atoms with E-state index >= 15 is 0 Å². The second-order valence-electron chi connectivity index (χ2n) is 6.26. The Hall–Kier alpha value is -2.49. The van der Waals surface area contributed by atoms with Crippen molar-refractivity contribution in [1.82, 2.24) is 20.3 Å². The zero-order valence-corrected chi connectivity index (χ0v) is 15.3. The average Bonchev–Trinajstić information content (AvgIpc) is 3.16. The van der Waals surface area contributed by atoms with Gasteiger partial charge in [0.05, 0.1) is 22.6 Å². The number of hydrogen-bond donors (Lipinski definition) is 1. The minimum absolute atomic E-state index is 0.0601. The molecule has 1 aliphatic rings. The number of carbonyl (C=O) groups is 2. The number of aryl methyl sites for hydroxylation is 1. The van der Waals surface area contributed by atoms with Gasteiger partial charge in [-0.15, -0.1) is 5.10 Å². The number of sulfone groups is 1. The van der Waals surface area contributed by atoms with Crippen LogP contribution in [-0.2, 0) is 25.9 Å². The van der Waals surface area contributed by atoms with E-state index in [-0.39, 0.29) is 17.1 Å². The topological polar surface area (TPSA) is 120 Å². The number of ether oxygens (including phenoxy) is 1. The van der Waals surface area contributed by atoms with Crippen molar-refractivity contribution in [3.63, 3.8) is 0 Å². The third kappa shape index (κ3) is 3.85. The Balaban J connectivity index is 1.62. The molecule has 140 valence electrons. The highest BCUT2D eigenvalue weighted by molar-refractivity contribution is 7.91. The summed E-state index contributed by atoms with van der Waals surface area (Å²) >= 11 is 0. The second-order valence-corrected chi connectivity index (χ2v) is 8.49. The lowest BCUT2D eigenvalue weighted by molar-refractivity contribution is -0.129. The molecular formula is C16H20N4O5S. The maximum atomic E-state index is 12.3. The van der Waals surface area contributed by atoms with Crippen LogP contribution in [0.2, 0.25) is 0 Å². The van der Waals surface area contributed by atoms with Crippen LogP contribution in [0.4, 0.5) is 0 Å². The molecule has 1 N–H and O–H groups in total. The molecule has 3 rings (SSSR count). The molecule has 2 heterocycles. The number of aromatic nitrogens is 3. The number of carbonyl (C=O) groups excluding carboxylic acids is 2. The number of rotatable bonds is 5. The van der Waals surface area contributed by atoms with Crippen molar-refractivity contribution < 1.29 is 22.7 Å². The molecular weight excluding hydrogens is 360 g/mol. The number of nitrogens with one attached hydrogen (secondary N) is 1. The summed E-state index contributed by atoms with van der Waals surface area (Å²) in [4.78, 5) is 24.4. The number of esters is 1. The lowest BCUT2D eigenvalue weighted by atomic mass is 10.2. The first kappa shape index (κ1) is 18.3. The van der Waals surface area contributed by atoms with Gasteiger partial charge >= 0.3 is 5.97 Å². The van der Waals surface area contributed by atoms with Gasteiger partial charge in [-0.1, -0.05) is 5.21 Å². The molecule has 0 saturated carbocycles. The Labute approximate surface area is 150 Å². The summed E-state index contributed by atoms with van der Waals surface area (Å²) in [7, 11) is -3.09. The predicted molar refractivity (Wildman–Crippen MR) is 93.3 cm³/mol. The van der Waals surface area contributed by atoms with Gasteiger partial charge < -0.3 is 10.1 Å². The third-order valence-corrected chi connectivity index (χ3v) is 6.05. The molecule has 1 aliphatic heterocycles. The number of hydrogen-bond acceptors (Lipinski definition) is 7. The smallest absolute Gasteiger partial charge is 0.338 e. The standard InChI is InChI=1S/C16H20N4O5S/c1-3-20-14-5-4-11(8-13(14)18-19-20)16(22)25-10(2)15(21)17-12-6-7-26(23,24)9-12/h4-5,8,10,12H,3,6-7,9H2,1-2H3,(H,17,21)/t10-,12-/m1/s1. The second kappa shape index (κ2) is 7.02. The highest BCUT2D eigenvalue weighted by Gasteiger charge is 2.30. The summed E-state index contributed by atoms with van der Waals surface area (Å²) in [6, 6.07) is 4.44. The highest BCUT2D eigenvalue weighted by atomic mass is 32.2. The van der Waals surface area contributed by atoms with E-state index < -0.39 is 33.9 Å². The Morgan fingerprint density at radius 1 is 1.42 bits per heavy atom. The molecule has 0 unspecified atom stereocenters. The van der Waals surface area contributed by atoms with Gasteiger partial charge in [-0.25, -0.2) is 17.9 Å². The molecule has 0 bridgehead atoms. The molecule has 1 aromatic carbocycles. The van der Waals surface area contributed by atoms with Crippen LogP contribution in [0.15, 0.2) is 18.2 Å². The molecule has 9 nitrogen and oxygen atoms in total. The third-order valence-electron chi connectivity index (χ3n) is 4.28. The van der Waals surface area contributed by atoms with Gasteiger partial charge in [0.25, 0.3) is 5.91 Å². The quantitative estimate of drug-likeness (QED) is 0.741. The maximum Gasteiger partial charge on any atom is 0.338 e. The summed E-state index contributed by atoms with van der Waals surface area (Å²) in [5.41, 5.74) is 1.63. The monoisotopic (exact) mass is 380 g/mol. The van der Waals surface area contributed by atoms with Crippen LogP contribution in [0.1, 0.15) is 30.6 Å². The fraction of sp³-hybridized carbons (Fsp3) is 0.500. The summed E-state index contributed by atoms with van der Waals surface area (Å²) in [6.07, 6.45) is -0.661. The van der Waals surface area contributed by atoms with Gasteiger partial charge in [-0.3, -0.25) is 4.79 Å². The normalized spacial score (nSPS) is 20.0. The summed E-state index contributed by atoms with van der Waals surface area (Å²) in [5.74, 6) is -1.19. The minimum atomic E-state index is -3.09. The number of nitrogens with zero attached hydrogens (tertiary/aromatic N) is 3. The van der Waals surface area contributed by atoms with E-state index in [9.17, 15) is 18.0 Å². The van der Waals surface area contributed by atoms with Crippen molar-refractivity contribution in [2.24, 2.45) is 0 Å². The predicted octanol–water partition coefficient (Wildman–Crippen LogP) is 0.300. The molecule has 1 saturated heterocycles. The van der Waals surface area contributed by atoms with Crippen LogP contribution >= 0.6 is 0 Å². The van der Waals surface area contributed by atoms with Crippen LogP contribution in [0.5, 0.6) is 0 Å². The number of amides is 1. The SMILES string of the molecule is CCn1nnc2cc(C(=O)O[C@H](C)C(=O)N[C@@H]3CCS(=O)(=O)C3)ccc21. The van der Waals surface area contributed by atoms with Crippen molar-refractivity contribution in [2.45, 2.75) is 39.0 Å². The summed E-state index contributed by atoms with van der Waals surface area (Å²) < 4.78 is 29.8. The lowest BCUT2D eigenvalue weighted by Crippen LogP contribution is -2.42. The zero-order valence-electron chi connectivity index (χ0n) is 14.5. The Morgan fingerprint density at radius 2 is 2.19 bits per heavy atom. The van der Waals surface area contributed by atoms with E-state index in [0.29, 0.717) is 18.5 Å². The fourth-order valence-electron chi connectivity index (χ4n) is 2.84. The van der Waals surface area contributed by atoms with Crippen molar-refractivity contribution in [1.29, 1.82) is 0 Å². The van der Waals surface area contributed by atoms with Gasteiger partial charge in [-0.05, 0) is 38.5 Å². The van der Waals surface area contributed by atoms with Gasteiger partial charge in [0.15, 0.2) is 15.9 Å². The Morgan fingerprint density at radius 3 is 2.85 bits per heavy atom. The van der Waals surface area contributed by atoms with Crippen LogP contribution in [0, 0.1) is 0 Å². The van der Waals surface area contributed by atoms with Gasteiger partial charge in [-0.2, -0.15) is 0 Å². The van der Waals surface area contributed by atoms with Gasteiger partial charge in [0, 0.05) is 12.6 Å². The molecule has 2 atom stereocenters. The summed E-state index contributed by atoms with van der Waals surface area (Å²) in [6.45, 7) is 4.04. The van der Waals surface area contributed by atoms with Crippen LogP contribution < -0.4 is 5.32 Å². The van der Waals surface area contributed by atoms with E-state index in [1.165, 1.54) is 6.92 Å². The zero-order chi connectivity index (χ0) is 18.9. The molecule has 10 heteroatoms. The molecule has 1 amide bonds. The summed E-state index contributed by atoms with van der Waals surface area (Å²) in [5, 5.41) is 10.6. The van der Waals surface area contributed by atoms with E-state index in [0.717, 1.165) is 5.52 Å². The van der Waals surface area contributed by atoms with Crippen molar-refractivity contribution >= 4 is 32.7 Å². The van der Waals surface area contributed by atoms with Crippen molar-refractivity contribution in [2.75, 3.05) is 11.5 Å². The van der Waals surface area contributed by atoms with E-state index in [4.69, 9.17) is 4.74 Å². The Kier molecular flexibility index (Phi) is 4.94. The lowest BCUT2D eigenvalue weighted by Gasteiger charge is -2.16. The van der Waals surface area contributed by atoms with Crippen molar-refractivity contribution in [3.05, 3.63) is 23.8 Å². The number of fused-ring (bicyclic) bond motifs is 1. The largest absolute Gasteiger partial charge is 0.449 e. The minimum Gasteiger partial charge on any atom is -0.449 e. The van der Waals surface area contributed by atoms with E-state index in [1.54, 1.807) is 22.9 Å². The maximum absolute atomic E-state index is 12.3. The van der Waals surface area contributed by atoms with Crippen LogP contribution in [0.25, 0.3) is 11.0 Å². The molecule has 0 spiro atoms. The highest BCUT2D eigenvalue weighted by Crippen LogP contribution is 2.15. The van der Waals surface area contributed by atoms with Crippen LogP contribution in [-0.4, -0.2) is 58.9 Å². The van der Waals surface area contributed by atoms with Crippen LogP contribution in [0.3, 0.4) is 0 Å². The first-order valence-corrected chi connectivity index (χ1v) is 10.2. The average molecular weight is 380 g/mol. The van der Waals surface area contributed by atoms with Crippen molar-refractivity contribution in [3.8, 4) is 0 Å². The molecule has 0 radical (unpaired) electrons. The molecule has 0 aliphatic carbocycles. The van der Waals surface area contributed by atoms with Gasteiger partial charge in [0.2, 0.25) is 0 Å². The Bertz CT molecular complexity index is 953. The van der Waals surface area contributed by atoms with E-state index in [2.05, 4.69) is 15.6 Å². The first-order valence-electron chi connectivity index (χ1n) is 8.34. The molecule has 1 fully saturated rings. The molecule has 1 aromatic heterocycles. The van der Waals surface area contributed by atoms with E-state index in [1.807, 2.05) is 6.92 Å². The fourth-order valence-corrected chi connectivity index (χ4v) is 4.52.